The number of carbonyl (C=O) groups is 2. The van der Waals surface area contributed by atoms with Crippen molar-refractivity contribution >= 4 is 11.9 Å². The highest BCUT2D eigenvalue weighted by molar-refractivity contribution is 5.75. The van der Waals surface area contributed by atoms with Crippen molar-refractivity contribution in [2.45, 2.75) is 13.8 Å². The predicted molar refractivity (Wildman–Crippen MR) is 68.3 cm³/mol. The van der Waals surface area contributed by atoms with E-state index in [-0.39, 0.29) is 25.0 Å². The number of likely N-dealkylation sites (N-methyl/N-ethyl adjacent to an activating group) is 1. The fraction of sp³-hybridized carbons (Fsp3) is 0.833. The Morgan fingerprint density at radius 2 is 1.33 bits per heavy atom. The Labute approximate surface area is 109 Å². The van der Waals surface area contributed by atoms with E-state index in [9.17, 15) is 9.59 Å². The maximum atomic E-state index is 11.4. The number of hydrogen-bond acceptors (Lipinski definition) is 6. The highest BCUT2D eigenvalue weighted by Gasteiger charge is 2.15. The highest BCUT2D eigenvalue weighted by Crippen LogP contribution is 1.94. The van der Waals surface area contributed by atoms with Gasteiger partial charge < -0.3 is 14.4 Å². The minimum absolute atomic E-state index is 0.112. The monoisotopic (exact) mass is 260 g/mol. The lowest BCUT2D eigenvalue weighted by molar-refractivity contribution is -0.148. The Bertz CT molecular complexity index is 236. The molecule has 0 aliphatic rings. The van der Waals surface area contributed by atoms with E-state index in [1.165, 1.54) is 0 Å². The van der Waals surface area contributed by atoms with Crippen molar-refractivity contribution in [2.75, 3.05) is 53.5 Å². The first-order chi connectivity index (χ1) is 8.49. The van der Waals surface area contributed by atoms with E-state index in [1.807, 2.05) is 19.0 Å². The molecule has 0 aromatic rings. The Morgan fingerprint density at radius 3 is 1.67 bits per heavy atom. The van der Waals surface area contributed by atoms with Crippen molar-refractivity contribution < 1.29 is 19.1 Å². The van der Waals surface area contributed by atoms with Gasteiger partial charge in [0.25, 0.3) is 0 Å². The van der Waals surface area contributed by atoms with E-state index in [1.54, 1.807) is 18.7 Å². The zero-order valence-electron chi connectivity index (χ0n) is 11.8. The van der Waals surface area contributed by atoms with Crippen LogP contribution >= 0.6 is 0 Å². The van der Waals surface area contributed by atoms with Gasteiger partial charge in [0.2, 0.25) is 0 Å². The molecule has 6 nitrogen and oxygen atoms in total. The number of nitrogens with zero attached hydrogens (tertiary/aromatic N) is 2. The summed E-state index contributed by atoms with van der Waals surface area (Å²) in [6.45, 7) is 5.81. The first-order valence-corrected chi connectivity index (χ1v) is 6.17. The quantitative estimate of drug-likeness (QED) is 0.543. The van der Waals surface area contributed by atoms with Crippen LogP contribution in [-0.4, -0.2) is 75.2 Å². The van der Waals surface area contributed by atoms with Gasteiger partial charge in [0, 0.05) is 13.1 Å². The van der Waals surface area contributed by atoms with Crippen LogP contribution in [0.15, 0.2) is 0 Å². The lowest BCUT2D eigenvalue weighted by atomic mass is 10.4. The van der Waals surface area contributed by atoms with Gasteiger partial charge in [-0.2, -0.15) is 0 Å². The summed E-state index contributed by atoms with van der Waals surface area (Å²) >= 11 is 0. The lowest BCUT2D eigenvalue weighted by Crippen LogP contribution is -2.40. The first-order valence-electron chi connectivity index (χ1n) is 6.17. The molecule has 0 rings (SSSR count). The fourth-order valence-electron chi connectivity index (χ4n) is 1.33. The molecule has 0 saturated heterocycles. The van der Waals surface area contributed by atoms with Gasteiger partial charge in [-0.3, -0.25) is 14.5 Å². The summed E-state index contributed by atoms with van der Waals surface area (Å²) in [5, 5.41) is 0. The molecule has 6 heteroatoms. The van der Waals surface area contributed by atoms with Crippen LogP contribution in [0, 0.1) is 0 Å². The maximum Gasteiger partial charge on any atom is 0.320 e. The molecule has 0 bridgehead atoms. The van der Waals surface area contributed by atoms with Gasteiger partial charge in [0.05, 0.1) is 26.3 Å². The largest absolute Gasteiger partial charge is 0.465 e. The number of ether oxygens (including phenoxy) is 2. The molecule has 0 unspecified atom stereocenters. The molecule has 0 aliphatic heterocycles. The van der Waals surface area contributed by atoms with Gasteiger partial charge in [-0.05, 0) is 27.9 Å². The zero-order chi connectivity index (χ0) is 14.0. The number of hydrogen-bond donors (Lipinski definition) is 0. The maximum absolute atomic E-state index is 11.4. The van der Waals surface area contributed by atoms with Crippen molar-refractivity contribution in [1.82, 2.24) is 9.80 Å². The van der Waals surface area contributed by atoms with Gasteiger partial charge in [-0.25, -0.2) is 0 Å². The third-order valence-electron chi connectivity index (χ3n) is 2.18. The van der Waals surface area contributed by atoms with E-state index in [2.05, 4.69) is 0 Å². The van der Waals surface area contributed by atoms with E-state index in [0.717, 1.165) is 6.54 Å². The second-order valence-corrected chi connectivity index (χ2v) is 4.12. The number of carbonyl (C=O) groups excluding carboxylic acids is 2. The van der Waals surface area contributed by atoms with Crippen LogP contribution in [-0.2, 0) is 19.1 Å². The van der Waals surface area contributed by atoms with Crippen molar-refractivity contribution in [3.05, 3.63) is 0 Å². The van der Waals surface area contributed by atoms with Gasteiger partial charge in [-0.1, -0.05) is 0 Å². The summed E-state index contributed by atoms with van der Waals surface area (Å²) in [5.74, 6) is -0.638. The predicted octanol–water partition coefficient (Wildman–Crippen LogP) is -0.0238. The second-order valence-electron chi connectivity index (χ2n) is 4.12. The Morgan fingerprint density at radius 1 is 0.889 bits per heavy atom. The van der Waals surface area contributed by atoms with Crippen LogP contribution in [0.2, 0.25) is 0 Å². The minimum atomic E-state index is -0.319. The Balaban J connectivity index is 4.23. The number of rotatable bonds is 9. The Kier molecular flexibility index (Phi) is 9.22. The molecule has 0 heterocycles. The molecule has 0 N–H and O–H groups in total. The molecular formula is C12H24N2O4. The third kappa shape index (κ3) is 8.95. The molecule has 0 saturated carbocycles. The van der Waals surface area contributed by atoms with E-state index in [4.69, 9.17) is 9.47 Å². The smallest absolute Gasteiger partial charge is 0.320 e. The second kappa shape index (κ2) is 9.85. The van der Waals surface area contributed by atoms with Crippen molar-refractivity contribution in [1.29, 1.82) is 0 Å². The van der Waals surface area contributed by atoms with Crippen LogP contribution in [0.4, 0.5) is 0 Å². The topological polar surface area (TPSA) is 59.1 Å². The van der Waals surface area contributed by atoms with E-state index in [0.29, 0.717) is 19.8 Å². The minimum Gasteiger partial charge on any atom is -0.465 e. The molecule has 0 aromatic carbocycles. The van der Waals surface area contributed by atoms with Gasteiger partial charge in [0.15, 0.2) is 0 Å². The molecule has 18 heavy (non-hydrogen) atoms. The molecule has 0 atom stereocenters. The highest BCUT2D eigenvalue weighted by atomic mass is 16.5. The zero-order valence-corrected chi connectivity index (χ0v) is 11.8. The van der Waals surface area contributed by atoms with Crippen molar-refractivity contribution in [2.24, 2.45) is 0 Å². The lowest BCUT2D eigenvalue weighted by Gasteiger charge is -2.22. The summed E-state index contributed by atoms with van der Waals surface area (Å²) < 4.78 is 9.75. The van der Waals surface area contributed by atoms with Gasteiger partial charge in [-0.15, -0.1) is 0 Å². The van der Waals surface area contributed by atoms with Crippen LogP contribution in [0.5, 0.6) is 0 Å². The molecule has 0 radical (unpaired) electrons. The van der Waals surface area contributed by atoms with Crippen LogP contribution < -0.4 is 0 Å². The standard InChI is InChI=1S/C12H24N2O4/c1-5-17-11(15)9-14(8-7-13(3)4)10-12(16)18-6-2/h5-10H2,1-4H3. The van der Waals surface area contributed by atoms with E-state index < -0.39 is 0 Å². The van der Waals surface area contributed by atoms with Crippen molar-refractivity contribution in [3.63, 3.8) is 0 Å². The summed E-state index contributed by atoms with van der Waals surface area (Å²) in [7, 11) is 3.87. The van der Waals surface area contributed by atoms with Crippen LogP contribution in [0.1, 0.15) is 13.8 Å². The molecule has 0 spiro atoms. The molecule has 0 fully saturated rings. The molecule has 0 aliphatic carbocycles. The molecule has 0 amide bonds. The van der Waals surface area contributed by atoms with Crippen LogP contribution in [0.3, 0.4) is 0 Å². The van der Waals surface area contributed by atoms with Gasteiger partial charge in [0.1, 0.15) is 0 Å². The average Bonchev–Trinajstić information content (AvgIpc) is 2.26. The average molecular weight is 260 g/mol. The summed E-state index contributed by atoms with van der Waals surface area (Å²) in [6, 6.07) is 0. The van der Waals surface area contributed by atoms with E-state index >= 15 is 0 Å². The van der Waals surface area contributed by atoms with Gasteiger partial charge >= 0.3 is 11.9 Å². The summed E-state index contributed by atoms with van der Waals surface area (Å²) in [5.41, 5.74) is 0. The summed E-state index contributed by atoms with van der Waals surface area (Å²) in [4.78, 5) is 26.5. The van der Waals surface area contributed by atoms with Crippen LogP contribution in [0.25, 0.3) is 0 Å². The fourth-order valence-corrected chi connectivity index (χ4v) is 1.33. The first kappa shape index (κ1) is 16.9. The molecule has 106 valence electrons. The molecule has 0 aromatic heterocycles. The number of esters is 2. The SMILES string of the molecule is CCOC(=O)CN(CCN(C)C)CC(=O)OCC. The molecular weight excluding hydrogens is 236 g/mol. The normalized spacial score (nSPS) is 10.8. The third-order valence-corrected chi connectivity index (χ3v) is 2.18. The van der Waals surface area contributed by atoms with Crippen molar-refractivity contribution in [3.8, 4) is 0 Å². The summed E-state index contributed by atoms with van der Waals surface area (Å²) in [6.07, 6.45) is 0. The Hall–Kier alpha value is -1.14.